The molecule has 0 bridgehead atoms. The smallest absolute Gasteiger partial charge is 0.344 e. The van der Waals surface area contributed by atoms with E-state index in [0.29, 0.717) is 25.4 Å². The molecule has 0 aliphatic carbocycles. The SMILES string of the molecule is CCOC(=O)COc1ccc(-c2ccc(OCCN(C)C)c(Cc3ccc4ccccc4c3)c2)cc1Cc1ccc2ccccc2c1. The second-order valence-electron chi connectivity index (χ2n) is 12.1. The van der Waals surface area contributed by atoms with Gasteiger partial charge in [-0.2, -0.15) is 0 Å². The van der Waals surface area contributed by atoms with Crippen LogP contribution in [0.3, 0.4) is 0 Å². The highest BCUT2D eigenvalue weighted by Crippen LogP contribution is 2.33. The fourth-order valence-corrected chi connectivity index (χ4v) is 5.89. The number of esters is 1. The quantitative estimate of drug-likeness (QED) is 0.120. The molecule has 0 heterocycles. The highest BCUT2D eigenvalue weighted by atomic mass is 16.6. The van der Waals surface area contributed by atoms with Crippen LogP contribution in [0.1, 0.15) is 29.2 Å². The van der Waals surface area contributed by atoms with Crippen LogP contribution in [0.2, 0.25) is 0 Å². The van der Waals surface area contributed by atoms with E-state index >= 15 is 0 Å². The first-order valence-corrected chi connectivity index (χ1v) is 16.2. The Bertz CT molecular complexity index is 2000. The predicted molar refractivity (Wildman–Crippen MR) is 192 cm³/mol. The van der Waals surface area contributed by atoms with Gasteiger partial charge in [-0.25, -0.2) is 4.79 Å². The number of rotatable bonds is 13. The van der Waals surface area contributed by atoms with Crippen molar-refractivity contribution in [3.63, 3.8) is 0 Å². The molecule has 5 heteroatoms. The van der Waals surface area contributed by atoms with Crippen molar-refractivity contribution in [3.8, 4) is 22.6 Å². The summed E-state index contributed by atoms with van der Waals surface area (Å²) in [5.41, 5.74) is 6.71. The molecule has 0 aliphatic rings. The van der Waals surface area contributed by atoms with Gasteiger partial charge in [0.25, 0.3) is 0 Å². The fourth-order valence-electron chi connectivity index (χ4n) is 5.89. The maximum absolute atomic E-state index is 12.2. The maximum Gasteiger partial charge on any atom is 0.344 e. The number of carbonyl (C=O) groups is 1. The summed E-state index contributed by atoms with van der Waals surface area (Å²) in [7, 11) is 4.11. The van der Waals surface area contributed by atoms with Gasteiger partial charge in [0.15, 0.2) is 6.61 Å². The maximum atomic E-state index is 12.2. The summed E-state index contributed by atoms with van der Waals surface area (Å²) in [5.74, 6) is 1.20. The predicted octanol–water partition coefficient (Wildman–Crippen LogP) is 8.72. The molecule has 0 radical (unpaired) electrons. The Kier molecular flexibility index (Phi) is 10.1. The molecule has 0 saturated carbocycles. The summed E-state index contributed by atoms with van der Waals surface area (Å²) in [4.78, 5) is 14.3. The summed E-state index contributed by atoms with van der Waals surface area (Å²) < 4.78 is 17.5. The normalized spacial score (nSPS) is 11.2. The zero-order valence-corrected chi connectivity index (χ0v) is 27.4. The molecule has 238 valence electrons. The average molecular weight is 624 g/mol. The lowest BCUT2D eigenvalue weighted by Gasteiger charge is -2.17. The van der Waals surface area contributed by atoms with Crippen molar-refractivity contribution in [2.75, 3.05) is 40.5 Å². The third-order valence-electron chi connectivity index (χ3n) is 8.32. The average Bonchev–Trinajstić information content (AvgIpc) is 3.08. The topological polar surface area (TPSA) is 48.0 Å². The molecule has 47 heavy (non-hydrogen) atoms. The molecule has 0 aliphatic heterocycles. The zero-order valence-electron chi connectivity index (χ0n) is 27.4. The standard InChI is InChI=1S/C42H41NO4/c1-4-45-42(44)29-47-41-20-18-37(28-39(41)26-31-14-16-33-10-6-8-12-35(33)24-31)36-17-19-40(46-22-21-43(2)3)38(27-36)25-30-13-15-32-9-5-7-11-34(32)23-30/h5-20,23-24,27-28H,4,21-22,25-26,29H2,1-3H3. The Labute approximate surface area is 277 Å². The highest BCUT2D eigenvalue weighted by Gasteiger charge is 2.14. The highest BCUT2D eigenvalue weighted by molar-refractivity contribution is 5.84. The molecule has 0 unspecified atom stereocenters. The largest absolute Gasteiger partial charge is 0.492 e. The molecule has 0 atom stereocenters. The summed E-state index contributed by atoms with van der Waals surface area (Å²) in [5, 5.41) is 4.86. The summed E-state index contributed by atoms with van der Waals surface area (Å²) in [6.07, 6.45) is 1.41. The lowest BCUT2D eigenvalue weighted by atomic mass is 9.94. The fraction of sp³-hybridized carbons (Fsp3) is 0.214. The minimum atomic E-state index is -0.378. The summed E-state index contributed by atoms with van der Waals surface area (Å²) in [6, 6.07) is 42.7. The molecule has 6 rings (SSSR count). The van der Waals surface area contributed by atoms with Crippen molar-refractivity contribution in [2.45, 2.75) is 19.8 Å². The molecule has 0 fully saturated rings. The van der Waals surface area contributed by atoms with Crippen LogP contribution in [0.4, 0.5) is 0 Å². The van der Waals surface area contributed by atoms with E-state index in [-0.39, 0.29) is 12.6 Å². The second-order valence-corrected chi connectivity index (χ2v) is 12.1. The van der Waals surface area contributed by atoms with Crippen molar-refractivity contribution < 1.29 is 19.0 Å². The summed E-state index contributed by atoms with van der Waals surface area (Å²) >= 11 is 0. The van der Waals surface area contributed by atoms with E-state index in [9.17, 15) is 4.79 Å². The van der Waals surface area contributed by atoms with Crippen molar-refractivity contribution >= 4 is 27.5 Å². The molecular formula is C42H41NO4. The number of hydrogen-bond acceptors (Lipinski definition) is 5. The van der Waals surface area contributed by atoms with Gasteiger partial charge in [0, 0.05) is 19.4 Å². The third-order valence-corrected chi connectivity index (χ3v) is 8.32. The van der Waals surface area contributed by atoms with Crippen LogP contribution in [0.5, 0.6) is 11.5 Å². The van der Waals surface area contributed by atoms with Crippen LogP contribution >= 0.6 is 0 Å². The van der Waals surface area contributed by atoms with E-state index in [1.165, 1.54) is 32.7 Å². The summed E-state index contributed by atoms with van der Waals surface area (Å²) in [6.45, 7) is 3.43. The molecule has 6 aromatic rings. The number of likely N-dealkylation sites (N-methyl/N-ethyl adjacent to an activating group) is 1. The first kappa shape index (κ1) is 31.8. The number of benzene rings is 6. The minimum absolute atomic E-state index is 0.132. The first-order chi connectivity index (χ1) is 22.9. The molecule has 0 N–H and O–H groups in total. The van der Waals surface area contributed by atoms with Gasteiger partial charge in [-0.1, -0.05) is 97.1 Å². The van der Waals surface area contributed by atoms with Crippen molar-refractivity contribution in [1.29, 1.82) is 0 Å². The number of hydrogen-bond donors (Lipinski definition) is 0. The number of carbonyl (C=O) groups excluding carboxylic acids is 1. The Morgan fingerprint density at radius 2 is 1.11 bits per heavy atom. The van der Waals surface area contributed by atoms with Gasteiger partial charge in [0.2, 0.25) is 0 Å². The Hall–Kier alpha value is -5.13. The van der Waals surface area contributed by atoms with Gasteiger partial charge >= 0.3 is 5.97 Å². The van der Waals surface area contributed by atoms with Gasteiger partial charge < -0.3 is 19.1 Å². The van der Waals surface area contributed by atoms with E-state index in [1.807, 2.05) is 6.07 Å². The number of fused-ring (bicyclic) bond motifs is 2. The van der Waals surface area contributed by atoms with Crippen LogP contribution in [0, 0.1) is 0 Å². The van der Waals surface area contributed by atoms with E-state index in [2.05, 4.69) is 134 Å². The Morgan fingerprint density at radius 3 is 1.62 bits per heavy atom. The molecule has 0 aromatic heterocycles. The second kappa shape index (κ2) is 15.0. The molecule has 0 saturated heterocycles. The molecular weight excluding hydrogens is 582 g/mol. The Morgan fingerprint density at radius 1 is 0.596 bits per heavy atom. The van der Waals surface area contributed by atoms with Crippen molar-refractivity contribution in [1.82, 2.24) is 4.90 Å². The van der Waals surface area contributed by atoms with Gasteiger partial charge in [0.05, 0.1) is 6.61 Å². The van der Waals surface area contributed by atoms with Gasteiger partial charge in [-0.05, 0) is 100 Å². The number of nitrogens with zero attached hydrogens (tertiary/aromatic N) is 1. The van der Waals surface area contributed by atoms with Crippen LogP contribution in [-0.4, -0.2) is 51.3 Å². The van der Waals surface area contributed by atoms with E-state index in [1.54, 1.807) is 6.92 Å². The third kappa shape index (κ3) is 8.18. The van der Waals surface area contributed by atoms with E-state index < -0.39 is 0 Å². The van der Waals surface area contributed by atoms with Crippen molar-refractivity contribution in [3.05, 3.63) is 144 Å². The Balaban J connectivity index is 1.35. The molecule has 5 nitrogen and oxygen atoms in total. The lowest BCUT2D eigenvalue weighted by Crippen LogP contribution is -2.19. The van der Waals surface area contributed by atoms with Gasteiger partial charge in [-0.15, -0.1) is 0 Å². The van der Waals surface area contributed by atoms with Crippen LogP contribution in [0.25, 0.3) is 32.7 Å². The minimum Gasteiger partial charge on any atom is -0.492 e. The zero-order chi connectivity index (χ0) is 32.6. The van der Waals surface area contributed by atoms with Crippen LogP contribution in [0.15, 0.2) is 121 Å². The molecule has 0 spiro atoms. The van der Waals surface area contributed by atoms with E-state index in [4.69, 9.17) is 14.2 Å². The molecule has 0 amide bonds. The first-order valence-electron chi connectivity index (χ1n) is 16.2. The van der Waals surface area contributed by atoms with Crippen molar-refractivity contribution in [2.24, 2.45) is 0 Å². The number of ether oxygens (including phenoxy) is 3. The molecule has 6 aromatic carbocycles. The monoisotopic (exact) mass is 623 g/mol. The van der Waals surface area contributed by atoms with Crippen LogP contribution < -0.4 is 9.47 Å². The van der Waals surface area contributed by atoms with Gasteiger partial charge in [0.1, 0.15) is 18.1 Å². The lowest BCUT2D eigenvalue weighted by molar-refractivity contribution is -0.145. The van der Waals surface area contributed by atoms with Crippen LogP contribution in [-0.2, 0) is 22.4 Å². The van der Waals surface area contributed by atoms with E-state index in [0.717, 1.165) is 41.0 Å². The van der Waals surface area contributed by atoms with Gasteiger partial charge in [-0.3, -0.25) is 0 Å².